The van der Waals surface area contributed by atoms with Gasteiger partial charge in [0.15, 0.2) is 0 Å². The number of piperidine rings is 3. The third kappa shape index (κ3) is 3.54. The summed E-state index contributed by atoms with van der Waals surface area (Å²) in [6.07, 6.45) is 6.10. The summed E-state index contributed by atoms with van der Waals surface area (Å²) in [6, 6.07) is 11.2. The van der Waals surface area contributed by atoms with E-state index in [0.717, 1.165) is 25.6 Å². The molecule has 0 bridgehead atoms. The number of hydrogen-bond acceptors (Lipinski definition) is 3. The Morgan fingerprint density at radius 2 is 1.81 bits per heavy atom. The van der Waals surface area contributed by atoms with Crippen molar-refractivity contribution >= 4 is 5.91 Å². The van der Waals surface area contributed by atoms with Crippen LogP contribution in [0.5, 0.6) is 0 Å². The fraction of sp³-hybridized carbons (Fsp3) is 0.682. The Labute approximate surface area is 157 Å². The zero-order valence-electron chi connectivity index (χ0n) is 16.1. The van der Waals surface area contributed by atoms with E-state index in [4.69, 9.17) is 0 Å². The van der Waals surface area contributed by atoms with Gasteiger partial charge in [0.1, 0.15) is 0 Å². The Balaban J connectivity index is 1.48. The van der Waals surface area contributed by atoms with Gasteiger partial charge in [-0.05, 0) is 76.2 Å². The molecule has 1 spiro atoms. The van der Waals surface area contributed by atoms with E-state index < -0.39 is 0 Å². The third-order valence-corrected chi connectivity index (χ3v) is 7.04. The second-order valence-corrected chi connectivity index (χ2v) is 8.54. The average molecular weight is 356 g/mol. The van der Waals surface area contributed by atoms with Crippen molar-refractivity contribution in [1.82, 2.24) is 15.1 Å². The van der Waals surface area contributed by atoms with E-state index in [1.807, 2.05) is 6.07 Å². The highest BCUT2D eigenvalue weighted by molar-refractivity contribution is 5.84. The summed E-state index contributed by atoms with van der Waals surface area (Å²) in [7, 11) is 0. The van der Waals surface area contributed by atoms with Crippen LogP contribution < -0.4 is 5.32 Å². The van der Waals surface area contributed by atoms with Crippen LogP contribution in [0, 0.1) is 5.41 Å². The molecule has 3 heterocycles. The van der Waals surface area contributed by atoms with Crippen LogP contribution in [-0.4, -0.2) is 61.0 Å². The molecule has 0 saturated carbocycles. The predicted octanol–water partition coefficient (Wildman–Crippen LogP) is 2.86. The average Bonchev–Trinajstić information content (AvgIpc) is 2.71. The van der Waals surface area contributed by atoms with Crippen molar-refractivity contribution in [3.63, 3.8) is 0 Å². The molecule has 1 amide bonds. The fourth-order valence-corrected chi connectivity index (χ4v) is 5.40. The van der Waals surface area contributed by atoms with Gasteiger partial charge in [0.25, 0.3) is 0 Å². The summed E-state index contributed by atoms with van der Waals surface area (Å²) in [4.78, 5) is 17.9. The van der Waals surface area contributed by atoms with Gasteiger partial charge in [0.05, 0.1) is 5.92 Å². The standard InChI is InChI=1S/C22H33N3O/c1-2-24-17-22(16-20(21(24)26)18-6-4-3-5-7-18)10-14-25(15-11-22)19-8-12-23-13-9-19/h3-7,19-20,23H,2,8-17H2,1H3/t20-/m1/s1. The summed E-state index contributed by atoms with van der Waals surface area (Å²) in [5, 5.41) is 3.48. The van der Waals surface area contributed by atoms with E-state index in [-0.39, 0.29) is 5.92 Å². The number of likely N-dealkylation sites (N-methyl/N-ethyl adjacent to an activating group) is 1. The van der Waals surface area contributed by atoms with Gasteiger partial charge >= 0.3 is 0 Å². The van der Waals surface area contributed by atoms with Gasteiger partial charge in [-0.25, -0.2) is 0 Å². The summed E-state index contributed by atoms with van der Waals surface area (Å²) in [5.41, 5.74) is 1.52. The number of nitrogens with zero attached hydrogens (tertiary/aromatic N) is 2. The first-order valence-electron chi connectivity index (χ1n) is 10.5. The maximum Gasteiger partial charge on any atom is 0.230 e. The topological polar surface area (TPSA) is 35.6 Å². The van der Waals surface area contributed by atoms with Crippen molar-refractivity contribution in [2.75, 3.05) is 39.3 Å². The SMILES string of the molecule is CCN1CC2(CCN(C3CCNCC3)CC2)C[C@H](c2ccccc2)C1=O. The van der Waals surface area contributed by atoms with Crippen LogP contribution in [0.4, 0.5) is 0 Å². The molecular formula is C22H33N3O. The zero-order valence-corrected chi connectivity index (χ0v) is 16.1. The third-order valence-electron chi connectivity index (χ3n) is 7.04. The quantitative estimate of drug-likeness (QED) is 0.906. The van der Waals surface area contributed by atoms with Crippen LogP contribution in [0.3, 0.4) is 0 Å². The number of nitrogens with one attached hydrogen (secondary N) is 1. The Morgan fingerprint density at radius 1 is 1.12 bits per heavy atom. The molecule has 4 heteroatoms. The number of likely N-dealkylation sites (tertiary alicyclic amines) is 2. The normalized spacial score (nSPS) is 27.8. The first-order valence-corrected chi connectivity index (χ1v) is 10.5. The van der Waals surface area contributed by atoms with Crippen LogP contribution in [0.25, 0.3) is 0 Å². The van der Waals surface area contributed by atoms with Crippen molar-refractivity contribution in [2.45, 2.75) is 51.0 Å². The van der Waals surface area contributed by atoms with Crippen molar-refractivity contribution in [3.05, 3.63) is 35.9 Å². The first-order chi connectivity index (χ1) is 12.7. The zero-order chi connectivity index (χ0) is 18.0. The number of carbonyl (C=O) groups is 1. The van der Waals surface area contributed by atoms with E-state index in [0.29, 0.717) is 11.3 Å². The molecule has 0 unspecified atom stereocenters. The van der Waals surface area contributed by atoms with Gasteiger partial charge in [0.2, 0.25) is 5.91 Å². The van der Waals surface area contributed by atoms with Gasteiger partial charge < -0.3 is 15.1 Å². The molecule has 4 rings (SSSR count). The molecular weight excluding hydrogens is 322 g/mol. The second kappa shape index (κ2) is 7.69. The lowest BCUT2D eigenvalue weighted by molar-refractivity contribution is -0.141. The van der Waals surface area contributed by atoms with Crippen LogP contribution in [0.15, 0.2) is 30.3 Å². The highest BCUT2D eigenvalue weighted by Crippen LogP contribution is 2.46. The molecule has 1 aromatic rings. The summed E-state index contributed by atoms with van der Waals surface area (Å²) >= 11 is 0. The van der Waals surface area contributed by atoms with Crippen molar-refractivity contribution in [3.8, 4) is 0 Å². The van der Waals surface area contributed by atoms with E-state index in [1.165, 1.54) is 57.4 Å². The first kappa shape index (κ1) is 18.0. The number of amides is 1. The lowest BCUT2D eigenvalue weighted by Crippen LogP contribution is -2.55. The van der Waals surface area contributed by atoms with Gasteiger partial charge in [-0.3, -0.25) is 4.79 Å². The highest BCUT2D eigenvalue weighted by atomic mass is 16.2. The molecule has 3 saturated heterocycles. The van der Waals surface area contributed by atoms with E-state index in [1.54, 1.807) is 0 Å². The molecule has 4 nitrogen and oxygen atoms in total. The van der Waals surface area contributed by atoms with Crippen LogP contribution in [0.1, 0.15) is 50.5 Å². The second-order valence-electron chi connectivity index (χ2n) is 8.54. The number of benzene rings is 1. The van der Waals surface area contributed by atoms with E-state index >= 15 is 0 Å². The summed E-state index contributed by atoms with van der Waals surface area (Å²) in [5.74, 6) is 0.389. The molecule has 3 aliphatic heterocycles. The Hall–Kier alpha value is -1.39. The van der Waals surface area contributed by atoms with Gasteiger partial charge in [-0.2, -0.15) is 0 Å². The van der Waals surface area contributed by atoms with Gasteiger partial charge in [-0.1, -0.05) is 30.3 Å². The monoisotopic (exact) mass is 355 g/mol. The molecule has 0 aliphatic carbocycles. The number of rotatable bonds is 3. The molecule has 0 aromatic heterocycles. The van der Waals surface area contributed by atoms with Crippen LogP contribution in [-0.2, 0) is 4.79 Å². The van der Waals surface area contributed by atoms with Crippen molar-refractivity contribution in [2.24, 2.45) is 5.41 Å². The minimum Gasteiger partial charge on any atom is -0.342 e. The number of carbonyl (C=O) groups excluding carboxylic acids is 1. The molecule has 0 radical (unpaired) electrons. The summed E-state index contributed by atoms with van der Waals surface area (Å²) in [6.45, 7) is 8.67. The predicted molar refractivity (Wildman–Crippen MR) is 105 cm³/mol. The molecule has 3 aliphatic rings. The Bertz CT molecular complexity index is 603. The largest absolute Gasteiger partial charge is 0.342 e. The molecule has 142 valence electrons. The highest BCUT2D eigenvalue weighted by Gasteiger charge is 2.46. The molecule has 1 N–H and O–H groups in total. The number of hydrogen-bond donors (Lipinski definition) is 1. The van der Waals surface area contributed by atoms with Crippen molar-refractivity contribution < 1.29 is 4.79 Å². The van der Waals surface area contributed by atoms with Crippen LogP contribution in [0.2, 0.25) is 0 Å². The lowest BCUT2D eigenvalue weighted by atomic mass is 9.67. The Kier molecular flexibility index (Phi) is 5.32. The Morgan fingerprint density at radius 3 is 2.46 bits per heavy atom. The molecule has 1 aromatic carbocycles. The van der Waals surface area contributed by atoms with E-state index in [9.17, 15) is 4.79 Å². The fourth-order valence-electron chi connectivity index (χ4n) is 5.40. The van der Waals surface area contributed by atoms with Crippen molar-refractivity contribution in [1.29, 1.82) is 0 Å². The van der Waals surface area contributed by atoms with Gasteiger partial charge in [0, 0.05) is 19.1 Å². The molecule has 3 fully saturated rings. The molecule has 1 atom stereocenters. The van der Waals surface area contributed by atoms with Crippen LogP contribution >= 0.6 is 0 Å². The lowest BCUT2D eigenvalue weighted by Gasteiger charge is -2.51. The summed E-state index contributed by atoms with van der Waals surface area (Å²) < 4.78 is 0. The maximum absolute atomic E-state index is 13.0. The minimum absolute atomic E-state index is 0.0512. The minimum atomic E-state index is 0.0512. The maximum atomic E-state index is 13.0. The van der Waals surface area contributed by atoms with E-state index in [2.05, 4.69) is 46.3 Å². The van der Waals surface area contributed by atoms with Gasteiger partial charge in [-0.15, -0.1) is 0 Å². The molecule has 26 heavy (non-hydrogen) atoms. The smallest absolute Gasteiger partial charge is 0.230 e.